The molecule has 1 N–H and O–H groups in total. The minimum absolute atomic E-state index is 0.0698. The number of ether oxygens (including phenoxy) is 1. The monoisotopic (exact) mass is 451 g/mol. The van der Waals surface area contributed by atoms with E-state index in [9.17, 15) is 4.79 Å². The summed E-state index contributed by atoms with van der Waals surface area (Å²) in [6, 6.07) is 21.6. The zero-order chi connectivity index (χ0) is 23.1. The normalized spacial score (nSPS) is 15.2. The van der Waals surface area contributed by atoms with Gasteiger partial charge in [0.25, 0.3) is 0 Å². The summed E-state index contributed by atoms with van der Waals surface area (Å²) in [6.45, 7) is 2.43. The molecule has 2 aromatic carbocycles. The van der Waals surface area contributed by atoms with E-state index in [1.807, 2.05) is 73.7 Å². The van der Waals surface area contributed by atoms with Gasteiger partial charge in [-0.1, -0.05) is 42.5 Å². The summed E-state index contributed by atoms with van der Waals surface area (Å²) in [6.07, 6.45) is 1.86. The van der Waals surface area contributed by atoms with Crippen LogP contribution in [0.5, 0.6) is 5.75 Å². The molecule has 1 unspecified atom stereocenters. The Balaban J connectivity index is 1.36. The Bertz CT molecular complexity index is 1510. The van der Waals surface area contributed by atoms with Gasteiger partial charge in [0.05, 0.1) is 5.69 Å². The number of rotatable bonds is 5. The molecule has 0 aliphatic carbocycles. The molecule has 0 bridgehead atoms. The number of hydrogen-bond donors (Lipinski definition) is 1. The van der Waals surface area contributed by atoms with Crippen LogP contribution in [0.3, 0.4) is 0 Å². The van der Waals surface area contributed by atoms with Crippen molar-refractivity contribution in [3.05, 3.63) is 95.4 Å². The first kappa shape index (κ1) is 20.1. The molecule has 9 heteroatoms. The van der Waals surface area contributed by atoms with Crippen LogP contribution in [-0.4, -0.2) is 35.5 Å². The topological polar surface area (TPSA) is 99.2 Å². The fourth-order valence-corrected chi connectivity index (χ4v) is 4.39. The molecule has 34 heavy (non-hydrogen) atoms. The van der Waals surface area contributed by atoms with Gasteiger partial charge in [0.15, 0.2) is 11.5 Å². The first-order valence-electron chi connectivity index (χ1n) is 11.0. The van der Waals surface area contributed by atoms with Crippen molar-refractivity contribution in [3.63, 3.8) is 0 Å². The fourth-order valence-electron chi connectivity index (χ4n) is 4.39. The van der Waals surface area contributed by atoms with Gasteiger partial charge >= 0.3 is 0 Å². The summed E-state index contributed by atoms with van der Waals surface area (Å²) in [5, 5.41) is 20.1. The molecule has 4 heterocycles. The number of aryl methyl sites for hydroxylation is 1. The van der Waals surface area contributed by atoms with Crippen LogP contribution in [0.4, 0.5) is 5.82 Å². The second kappa shape index (κ2) is 8.11. The zero-order valence-electron chi connectivity index (χ0n) is 18.4. The van der Waals surface area contributed by atoms with Crippen LogP contribution in [-0.2, 0) is 11.4 Å². The van der Waals surface area contributed by atoms with Gasteiger partial charge in [-0.2, -0.15) is 14.3 Å². The van der Waals surface area contributed by atoms with E-state index < -0.39 is 0 Å². The van der Waals surface area contributed by atoms with Crippen LogP contribution in [0.2, 0.25) is 0 Å². The number of benzene rings is 2. The summed E-state index contributed by atoms with van der Waals surface area (Å²) in [5.41, 5.74) is 4.55. The molecule has 5 aromatic rings. The lowest BCUT2D eigenvalue weighted by Crippen LogP contribution is -2.25. The molecule has 6 rings (SSSR count). The number of fused-ring (bicyclic) bond motifs is 2. The molecule has 1 aliphatic heterocycles. The third-order valence-corrected chi connectivity index (χ3v) is 5.98. The van der Waals surface area contributed by atoms with Crippen LogP contribution in [0, 0.1) is 6.92 Å². The predicted octanol–water partition coefficient (Wildman–Crippen LogP) is 3.67. The van der Waals surface area contributed by atoms with Gasteiger partial charge in [-0.3, -0.25) is 4.79 Å². The SMILES string of the molecule is Cc1nn(-c2ccc3nncn3n2)c2c1C(c1cccc(OCc3ccccc3)c1)CC(=O)N2. The standard InChI is InChI=1S/C25H21N7O2/c1-16-24-20(18-8-5-9-19(12-18)34-14-17-6-3-2-4-7-17)13-23(33)27-25(24)32(29-16)22-11-10-21-28-26-15-31(21)30-22/h2-12,15,20H,13-14H2,1H3,(H,27,33). The van der Waals surface area contributed by atoms with Crippen LogP contribution in [0.15, 0.2) is 73.1 Å². The highest BCUT2D eigenvalue weighted by molar-refractivity contribution is 5.95. The Kier molecular flexibility index (Phi) is 4.80. The average molecular weight is 451 g/mol. The Morgan fingerprint density at radius 2 is 1.94 bits per heavy atom. The lowest BCUT2D eigenvalue weighted by atomic mass is 9.86. The first-order valence-corrected chi connectivity index (χ1v) is 11.0. The highest BCUT2D eigenvalue weighted by Gasteiger charge is 2.33. The zero-order valence-corrected chi connectivity index (χ0v) is 18.4. The van der Waals surface area contributed by atoms with Gasteiger partial charge in [0.2, 0.25) is 5.91 Å². The highest BCUT2D eigenvalue weighted by atomic mass is 16.5. The molecule has 0 radical (unpaired) electrons. The van der Waals surface area contributed by atoms with E-state index in [4.69, 9.17) is 9.84 Å². The van der Waals surface area contributed by atoms with E-state index in [1.54, 1.807) is 9.20 Å². The molecule has 9 nitrogen and oxygen atoms in total. The molecule has 0 saturated carbocycles. The summed E-state index contributed by atoms with van der Waals surface area (Å²) in [4.78, 5) is 12.7. The quantitative estimate of drug-likeness (QED) is 0.438. The molecule has 0 saturated heterocycles. The number of nitrogens with one attached hydrogen (secondary N) is 1. The Labute approximate surface area is 195 Å². The fraction of sp³-hybridized carbons (Fsp3) is 0.160. The maximum atomic E-state index is 12.7. The molecular formula is C25H21N7O2. The molecular weight excluding hydrogens is 430 g/mol. The summed E-state index contributed by atoms with van der Waals surface area (Å²) in [7, 11) is 0. The molecule has 0 spiro atoms. The minimum Gasteiger partial charge on any atom is -0.489 e. The van der Waals surface area contributed by atoms with Crippen molar-refractivity contribution < 1.29 is 9.53 Å². The maximum absolute atomic E-state index is 12.7. The van der Waals surface area contributed by atoms with Gasteiger partial charge in [-0.05, 0) is 42.3 Å². The van der Waals surface area contributed by atoms with Crippen LogP contribution < -0.4 is 10.1 Å². The van der Waals surface area contributed by atoms with E-state index in [0.717, 1.165) is 28.1 Å². The largest absolute Gasteiger partial charge is 0.489 e. The lowest BCUT2D eigenvalue weighted by Gasteiger charge is -2.24. The van der Waals surface area contributed by atoms with E-state index in [1.165, 1.54) is 6.33 Å². The van der Waals surface area contributed by atoms with E-state index in [2.05, 4.69) is 20.6 Å². The Morgan fingerprint density at radius 1 is 1.06 bits per heavy atom. The van der Waals surface area contributed by atoms with Crippen LogP contribution >= 0.6 is 0 Å². The van der Waals surface area contributed by atoms with Crippen molar-refractivity contribution in [2.75, 3.05) is 5.32 Å². The van der Waals surface area contributed by atoms with Gasteiger partial charge in [0.1, 0.15) is 24.5 Å². The number of carbonyl (C=O) groups excluding carboxylic acids is 1. The van der Waals surface area contributed by atoms with Crippen molar-refractivity contribution in [2.45, 2.75) is 25.9 Å². The molecule has 168 valence electrons. The summed E-state index contributed by atoms with van der Waals surface area (Å²) < 4.78 is 9.28. The first-order chi connectivity index (χ1) is 16.7. The third kappa shape index (κ3) is 3.57. The highest BCUT2D eigenvalue weighted by Crippen LogP contribution is 2.40. The lowest BCUT2D eigenvalue weighted by molar-refractivity contribution is -0.116. The van der Waals surface area contributed by atoms with E-state index in [0.29, 0.717) is 30.3 Å². The van der Waals surface area contributed by atoms with Crippen molar-refractivity contribution in [1.29, 1.82) is 0 Å². The molecule has 3 aromatic heterocycles. The Morgan fingerprint density at radius 3 is 2.82 bits per heavy atom. The maximum Gasteiger partial charge on any atom is 0.226 e. The Hall–Kier alpha value is -4.53. The average Bonchev–Trinajstić information content (AvgIpc) is 3.47. The molecule has 1 atom stereocenters. The number of anilines is 1. The van der Waals surface area contributed by atoms with Crippen molar-refractivity contribution in [3.8, 4) is 11.6 Å². The van der Waals surface area contributed by atoms with Gasteiger partial charge in [-0.25, -0.2) is 0 Å². The number of carbonyl (C=O) groups is 1. The minimum atomic E-state index is -0.142. The smallest absolute Gasteiger partial charge is 0.226 e. The number of nitrogens with zero attached hydrogens (tertiary/aromatic N) is 6. The number of hydrogen-bond acceptors (Lipinski definition) is 6. The predicted molar refractivity (Wildman–Crippen MR) is 125 cm³/mol. The second-order valence-corrected chi connectivity index (χ2v) is 8.24. The van der Waals surface area contributed by atoms with Crippen molar-refractivity contribution in [2.24, 2.45) is 0 Å². The van der Waals surface area contributed by atoms with Crippen molar-refractivity contribution >= 4 is 17.4 Å². The summed E-state index contributed by atoms with van der Waals surface area (Å²) in [5.74, 6) is 1.75. The van der Waals surface area contributed by atoms with Gasteiger partial charge in [0, 0.05) is 17.9 Å². The second-order valence-electron chi connectivity index (χ2n) is 8.24. The van der Waals surface area contributed by atoms with E-state index in [-0.39, 0.29) is 11.8 Å². The number of aromatic nitrogens is 6. The molecule has 0 fully saturated rings. The van der Waals surface area contributed by atoms with E-state index >= 15 is 0 Å². The van der Waals surface area contributed by atoms with Crippen LogP contribution in [0.25, 0.3) is 11.5 Å². The van der Waals surface area contributed by atoms with Gasteiger partial charge < -0.3 is 10.1 Å². The summed E-state index contributed by atoms with van der Waals surface area (Å²) >= 11 is 0. The van der Waals surface area contributed by atoms with Crippen molar-refractivity contribution in [1.82, 2.24) is 29.6 Å². The molecule has 1 aliphatic rings. The third-order valence-electron chi connectivity index (χ3n) is 5.98. The van der Waals surface area contributed by atoms with Crippen LogP contribution in [0.1, 0.15) is 34.7 Å². The number of amides is 1. The molecule has 1 amide bonds. The van der Waals surface area contributed by atoms with Gasteiger partial charge in [-0.15, -0.1) is 15.3 Å².